The van der Waals surface area contributed by atoms with Crippen molar-refractivity contribution in [1.82, 2.24) is 19.9 Å². The van der Waals surface area contributed by atoms with Crippen LogP contribution in [0.5, 0.6) is 0 Å². The number of hydrogen-bond donors (Lipinski definition) is 0. The third-order valence-corrected chi connectivity index (χ3v) is 7.08. The molecule has 0 bridgehead atoms. The minimum absolute atomic E-state index is 0.0268. The maximum absolute atomic E-state index is 13.2. The minimum atomic E-state index is -0.295. The Bertz CT molecular complexity index is 1080. The fourth-order valence-corrected chi connectivity index (χ4v) is 5.19. The van der Waals surface area contributed by atoms with Crippen LogP contribution in [0.25, 0.3) is 11.4 Å². The van der Waals surface area contributed by atoms with Crippen molar-refractivity contribution in [3.05, 3.63) is 71.9 Å². The molecule has 0 aliphatic carbocycles. The fraction of sp³-hybridized carbons (Fsp3) is 0.444. The summed E-state index contributed by atoms with van der Waals surface area (Å²) in [6.07, 6.45) is 5.17. The van der Waals surface area contributed by atoms with Crippen molar-refractivity contribution in [3.63, 3.8) is 0 Å². The second-order valence-corrected chi connectivity index (χ2v) is 9.55. The highest BCUT2D eigenvalue weighted by molar-refractivity contribution is 5.79. The van der Waals surface area contributed by atoms with Gasteiger partial charge in [0.25, 0.3) is 0 Å². The molecule has 2 aliphatic rings. The summed E-state index contributed by atoms with van der Waals surface area (Å²) in [5.74, 6) is 1.66. The number of hydrogen-bond acceptors (Lipinski definition) is 5. The molecular formula is C27H31FN4O2. The lowest BCUT2D eigenvalue weighted by molar-refractivity contribution is -0.138. The molecular weight excluding hydrogens is 431 g/mol. The van der Waals surface area contributed by atoms with E-state index in [1.54, 1.807) is 12.1 Å². The number of halogens is 1. The van der Waals surface area contributed by atoms with E-state index in [4.69, 9.17) is 4.52 Å². The number of carbonyl (C=O) groups excluding carboxylic acids is 1. The summed E-state index contributed by atoms with van der Waals surface area (Å²) in [6, 6.07) is 16.7. The standard InChI is InChI=1S/C27H31FN4O2/c28-24-10-8-22(9-11-24)26-29-25(34-30-26)19-31-14-4-7-23(18-31)27(33)32-15-12-21(13-16-32)17-20-5-2-1-3-6-20/h1-3,5-6,8-11,21,23H,4,7,12-19H2. The zero-order valence-corrected chi connectivity index (χ0v) is 19.4. The Labute approximate surface area is 199 Å². The molecule has 1 aromatic heterocycles. The van der Waals surface area contributed by atoms with E-state index in [-0.39, 0.29) is 11.7 Å². The molecule has 2 aromatic carbocycles. The van der Waals surface area contributed by atoms with Gasteiger partial charge < -0.3 is 9.42 Å². The Morgan fingerprint density at radius 1 is 1.00 bits per heavy atom. The summed E-state index contributed by atoms with van der Waals surface area (Å²) >= 11 is 0. The van der Waals surface area contributed by atoms with Crippen LogP contribution in [0.4, 0.5) is 4.39 Å². The van der Waals surface area contributed by atoms with E-state index in [0.29, 0.717) is 30.1 Å². The predicted octanol–water partition coefficient (Wildman–Crippen LogP) is 4.57. The highest BCUT2D eigenvalue weighted by Gasteiger charge is 2.32. The molecule has 2 fully saturated rings. The van der Waals surface area contributed by atoms with Crippen molar-refractivity contribution >= 4 is 5.91 Å². The quantitative estimate of drug-likeness (QED) is 0.537. The Morgan fingerprint density at radius 2 is 1.76 bits per heavy atom. The van der Waals surface area contributed by atoms with Crippen molar-refractivity contribution < 1.29 is 13.7 Å². The van der Waals surface area contributed by atoms with E-state index in [2.05, 4.69) is 50.3 Å². The largest absolute Gasteiger partial charge is 0.342 e. The molecule has 178 valence electrons. The van der Waals surface area contributed by atoms with Crippen molar-refractivity contribution in [2.24, 2.45) is 11.8 Å². The van der Waals surface area contributed by atoms with E-state index in [9.17, 15) is 9.18 Å². The first-order valence-corrected chi connectivity index (χ1v) is 12.3. The number of nitrogens with zero attached hydrogens (tertiary/aromatic N) is 4. The lowest BCUT2D eigenvalue weighted by Gasteiger charge is -2.37. The summed E-state index contributed by atoms with van der Waals surface area (Å²) in [5, 5.41) is 4.04. The number of amides is 1. The molecule has 6 nitrogen and oxygen atoms in total. The van der Waals surface area contributed by atoms with Crippen molar-refractivity contribution in [3.8, 4) is 11.4 Å². The van der Waals surface area contributed by atoms with E-state index in [1.165, 1.54) is 17.7 Å². The second kappa shape index (κ2) is 10.5. The Morgan fingerprint density at radius 3 is 2.53 bits per heavy atom. The maximum atomic E-state index is 13.2. The SMILES string of the molecule is O=C(C1CCCN(Cc2nc(-c3ccc(F)cc3)no2)C1)N1CCC(Cc2ccccc2)CC1. The topological polar surface area (TPSA) is 62.5 Å². The van der Waals surface area contributed by atoms with Crippen molar-refractivity contribution in [1.29, 1.82) is 0 Å². The van der Waals surface area contributed by atoms with Gasteiger partial charge in [0.2, 0.25) is 17.6 Å². The number of benzene rings is 2. The lowest BCUT2D eigenvalue weighted by Crippen LogP contribution is -2.47. The van der Waals surface area contributed by atoms with Gasteiger partial charge in [-0.05, 0) is 74.4 Å². The van der Waals surface area contributed by atoms with Crippen LogP contribution in [-0.2, 0) is 17.8 Å². The first kappa shape index (κ1) is 22.7. The van der Waals surface area contributed by atoms with E-state index in [1.807, 2.05) is 0 Å². The molecule has 34 heavy (non-hydrogen) atoms. The second-order valence-electron chi connectivity index (χ2n) is 9.55. The molecule has 1 amide bonds. The fourth-order valence-electron chi connectivity index (χ4n) is 5.19. The highest BCUT2D eigenvalue weighted by Crippen LogP contribution is 2.26. The summed E-state index contributed by atoms with van der Waals surface area (Å²) in [7, 11) is 0. The van der Waals surface area contributed by atoms with Gasteiger partial charge in [0, 0.05) is 25.2 Å². The third kappa shape index (κ3) is 5.53. The average Bonchev–Trinajstić information content (AvgIpc) is 3.34. The van der Waals surface area contributed by atoms with E-state index < -0.39 is 0 Å². The molecule has 0 saturated carbocycles. The number of carbonyl (C=O) groups is 1. The van der Waals surface area contributed by atoms with Gasteiger partial charge in [-0.1, -0.05) is 35.5 Å². The molecule has 1 atom stereocenters. The van der Waals surface area contributed by atoms with Crippen LogP contribution in [0.2, 0.25) is 0 Å². The summed E-state index contributed by atoms with van der Waals surface area (Å²) in [4.78, 5) is 22.0. The molecule has 2 saturated heterocycles. The van der Waals surface area contributed by atoms with Gasteiger partial charge in [-0.15, -0.1) is 0 Å². The zero-order valence-electron chi connectivity index (χ0n) is 19.4. The number of likely N-dealkylation sites (tertiary alicyclic amines) is 2. The Hall–Kier alpha value is -3.06. The highest BCUT2D eigenvalue weighted by atomic mass is 19.1. The molecule has 0 spiro atoms. The average molecular weight is 463 g/mol. The molecule has 3 aromatic rings. The number of rotatable bonds is 6. The normalized spacial score (nSPS) is 19.9. The first-order chi connectivity index (χ1) is 16.6. The minimum Gasteiger partial charge on any atom is -0.342 e. The molecule has 0 radical (unpaired) electrons. The predicted molar refractivity (Wildman–Crippen MR) is 127 cm³/mol. The van der Waals surface area contributed by atoms with Crippen LogP contribution < -0.4 is 0 Å². The zero-order chi connectivity index (χ0) is 23.3. The Kier molecular flexibility index (Phi) is 7.00. The molecule has 5 rings (SSSR count). The smallest absolute Gasteiger partial charge is 0.241 e. The molecule has 3 heterocycles. The van der Waals surface area contributed by atoms with Gasteiger partial charge in [-0.25, -0.2) is 4.39 Å². The van der Waals surface area contributed by atoms with Gasteiger partial charge in [0.15, 0.2) is 0 Å². The Balaban J connectivity index is 1.12. The molecule has 7 heteroatoms. The van der Waals surface area contributed by atoms with E-state index in [0.717, 1.165) is 63.8 Å². The summed E-state index contributed by atoms with van der Waals surface area (Å²) in [5.41, 5.74) is 2.11. The van der Waals surface area contributed by atoms with Gasteiger partial charge in [0.05, 0.1) is 12.5 Å². The van der Waals surface area contributed by atoms with Gasteiger partial charge >= 0.3 is 0 Å². The van der Waals surface area contributed by atoms with Crippen molar-refractivity contribution in [2.75, 3.05) is 26.2 Å². The third-order valence-electron chi connectivity index (χ3n) is 7.08. The van der Waals surface area contributed by atoms with Crippen LogP contribution in [0.1, 0.15) is 37.1 Å². The van der Waals surface area contributed by atoms with Crippen LogP contribution in [0, 0.1) is 17.7 Å². The van der Waals surface area contributed by atoms with Crippen LogP contribution in [-0.4, -0.2) is 52.0 Å². The lowest BCUT2D eigenvalue weighted by atomic mass is 9.89. The first-order valence-electron chi connectivity index (χ1n) is 12.3. The molecule has 0 N–H and O–H groups in total. The van der Waals surface area contributed by atoms with Crippen LogP contribution in [0.15, 0.2) is 59.1 Å². The van der Waals surface area contributed by atoms with E-state index >= 15 is 0 Å². The monoisotopic (exact) mass is 462 g/mol. The number of aromatic nitrogens is 2. The molecule has 1 unspecified atom stereocenters. The van der Waals surface area contributed by atoms with Crippen molar-refractivity contribution in [2.45, 2.75) is 38.6 Å². The summed E-state index contributed by atoms with van der Waals surface area (Å²) < 4.78 is 18.6. The van der Waals surface area contributed by atoms with Crippen LogP contribution in [0.3, 0.4) is 0 Å². The summed E-state index contributed by atoms with van der Waals surface area (Å²) in [6.45, 7) is 3.88. The van der Waals surface area contributed by atoms with Gasteiger partial charge in [-0.3, -0.25) is 9.69 Å². The number of piperidine rings is 2. The van der Waals surface area contributed by atoms with Crippen LogP contribution >= 0.6 is 0 Å². The molecule has 2 aliphatic heterocycles. The maximum Gasteiger partial charge on any atom is 0.241 e. The van der Waals surface area contributed by atoms with Gasteiger partial charge in [-0.2, -0.15) is 4.98 Å². The van der Waals surface area contributed by atoms with Gasteiger partial charge in [0.1, 0.15) is 5.82 Å².